The zero-order valence-electron chi connectivity index (χ0n) is 8.89. The Morgan fingerprint density at radius 3 is 2.06 bits per heavy atom. The molecule has 1 fully saturated rings. The average Bonchev–Trinajstić information content (AvgIpc) is 2.53. The Bertz CT molecular complexity index is 586. The Morgan fingerprint density at radius 2 is 1.65 bits per heavy atom. The fourth-order valence-corrected chi connectivity index (χ4v) is 4.53. The van der Waals surface area contributed by atoms with E-state index in [0.29, 0.717) is 12.8 Å². The molecule has 2 aliphatic rings. The summed E-state index contributed by atoms with van der Waals surface area (Å²) in [5.41, 5.74) is 1.57. The van der Waals surface area contributed by atoms with Gasteiger partial charge in [0.2, 0.25) is 5.91 Å². The van der Waals surface area contributed by atoms with Crippen LogP contribution in [-0.4, -0.2) is 24.2 Å². The zero-order chi connectivity index (χ0) is 12.3. The van der Waals surface area contributed by atoms with Crippen LogP contribution in [0.15, 0.2) is 24.3 Å². The van der Waals surface area contributed by atoms with Crippen molar-refractivity contribution in [3.63, 3.8) is 0 Å². The maximum atomic E-state index is 11.5. The van der Waals surface area contributed by atoms with Crippen molar-refractivity contribution in [1.29, 1.82) is 0 Å². The summed E-state index contributed by atoms with van der Waals surface area (Å²) in [4.78, 5) is 11.5. The summed E-state index contributed by atoms with van der Waals surface area (Å²) in [5.74, 6) is -0.409. The van der Waals surface area contributed by atoms with Crippen LogP contribution in [0.2, 0.25) is 0 Å². The molecule has 0 aromatic heterocycles. The lowest BCUT2D eigenvalue weighted by atomic mass is 9.84. The van der Waals surface area contributed by atoms with E-state index < -0.39 is 20.7 Å². The quantitative estimate of drug-likeness (QED) is 0.570. The molecule has 4 nitrogen and oxygen atoms in total. The van der Waals surface area contributed by atoms with Gasteiger partial charge in [0.25, 0.3) is 0 Å². The molecule has 1 aromatic rings. The van der Waals surface area contributed by atoms with Crippen molar-refractivity contribution in [2.24, 2.45) is 0 Å². The molecule has 1 spiro atoms. The van der Waals surface area contributed by atoms with E-state index in [1.807, 2.05) is 24.3 Å². The molecule has 0 bridgehead atoms. The highest BCUT2D eigenvalue weighted by Crippen LogP contribution is 2.46. The molecule has 1 heterocycles. The SMILES string of the molecule is O=C1CC2(Cc3ccccc3C2)N1S(=O)(=O)Cl. The molecule has 0 radical (unpaired) electrons. The van der Waals surface area contributed by atoms with Crippen molar-refractivity contribution < 1.29 is 13.2 Å². The van der Waals surface area contributed by atoms with Crippen LogP contribution in [0.1, 0.15) is 17.5 Å². The van der Waals surface area contributed by atoms with Crippen molar-refractivity contribution in [3.05, 3.63) is 35.4 Å². The number of hydrogen-bond donors (Lipinski definition) is 0. The van der Waals surface area contributed by atoms with Gasteiger partial charge in [0.05, 0.1) is 12.0 Å². The minimum atomic E-state index is -3.97. The van der Waals surface area contributed by atoms with Crippen LogP contribution >= 0.6 is 10.7 Å². The topological polar surface area (TPSA) is 54.5 Å². The smallest absolute Gasteiger partial charge is 0.274 e. The lowest BCUT2D eigenvalue weighted by Crippen LogP contribution is -2.65. The van der Waals surface area contributed by atoms with Gasteiger partial charge in [-0.2, -0.15) is 8.42 Å². The summed E-state index contributed by atoms with van der Waals surface area (Å²) in [6.45, 7) is 0. The molecule has 90 valence electrons. The number of carbonyl (C=O) groups is 1. The summed E-state index contributed by atoms with van der Waals surface area (Å²) in [6, 6.07) is 7.76. The average molecular weight is 272 g/mol. The monoisotopic (exact) mass is 271 g/mol. The lowest BCUT2D eigenvalue weighted by Gasteiger charge is -2.46. The van der Waals surface area contributed by atoms with Gasteiger partial charge in [-0.05, 0) is 24.0 Å². The van der Waals surface area contributed by atoms with Crippen LogP contribution in [0.25, 0.3) is 0 Å². The van der Waals surface area contributed by atoms with E-state index >= 15 is 0 Å². The molecule has 0 unspecified atom stereocenters. The van der Waals surface area contributed by atoms with Gasteiger partial charge in [-0.1, -0.05) is 24.3 Å². The number of fused-ring (bicyclic) bond motifs is 1. The summed E-state index contributed by atoms with van der Waals surface area (Å²) >= 11 is 0. The van der Waals surface area contributed by atoms with Gasteiger partial charge >= 0.3 is 9.24 Å². The maximum Gasteiger partial charge on any atom is 0.324 e. The first-order valence-electron chi connectivity index (χ1n) is 5.27. The summed E-state index contributed by atoms with van der Waals surface area (Å²) in [7, 11) is 1.35. The number of nitrogens with zero attached hydrogens (tertiary/aromatic N) is 1. The Hall–Kier alpha value is -1.07. The molecule has 0 N–H and O–H groups in total. The standard InChI is InChI=1S/C11H10ClNO3S/c12-17(15,16)13-10(14)7-11(13)5-8-3-1-2-4-9(8)6-11/h1-4H,5-7H2. The molecule has 6 heteroatoms. The molecular formula is C11H10ClNO3S. The molecule has 0 atom stereocenters. The summed E-state index contributed by atoms with van der Waals surface area (Å²) in [6.07, 6.45) is 1.40. The van der Waals surface area contributed by atoms with Gasteiger partial charge in [-0.25, -0.2) is 4.31 Å². The third kappa shape index (κ3) is 1.49. The molecule has 1 aliphatic heterocycles. The molecule has 17 heavy (non-hydrogen) atoms. The first-order valence-corrected chi connectivity index (χ1v) is 7.54. The molecular weight excluding hydrogens is 262 g/mol. The number of hydrogen-bond acceptors (Lipinski definition) is 3. The van der Waals surface area contributed by atoms with Crippen LogP contribution in [0.5, 0.6) is 0 Å². The second-order valence-corrected chi connectivity index (χ2v) is 6.98. The van der Waals surface area contributed by atoms with Gasteiger partial charge in [0.15, 0.2) is 0 Å². The first kappa shape index (κ1) is 11.0. The zero-order valence-corrected chi connectivity index (χ0v) is 10.5. The van der Waals surface area contributed by atoms with Crippen molar-refractivity contribution >= 4 is 25.8 Å². The number of β-lactam (4-membered cyclic amide) rings is 1. The molecule has 0 saturated carbocycles. The molecule has 3 rings (SSSR count). The summed E-state index contributed by atoms with van der Waals surface area (Å²) in [5, 5.41) is 0. The number of benzene rings is 1. The van der Waals surface area contributed by atoms with Crippen molar-refractivity contribution in [3.8, 4) is 0 Å². The Balaban J connectivity index is 2.01. The van der Waals surface area contributed by atoms with Gasteiger partial charge in [-0.15, -0.1) is 0 Å². The van der Waals surface area contributed by atoms with E-state index in [2.05, 4.69) is 0 Å². The fraction of sp³-hybridized carbons (Fsp3) is 0.364. The maximum absolute atomic E-state index is 11.5. The van der Waals surface area contributed by atoms with Crippen LogP contribution in [-0.2, 0) is 26.9 Å². The van der Waals surface area contributed by atoms with Gasteiger partial charge in [0.1, 0.15) is 0 Å². The number of carbonyl (C=O) groups excluding carboxylic acids is 1. The van der Waals surface area contributed by atoms with Gasteiger partial charge in [-0.3, -0.25) is 4.79 Å². The number of rotatable bonds is 1. The first-order chi connectivity index (χ1) is 7.92. The Morgan fingerprint density at radius 1 is 1.12 bits per heavy atom. The van der Waals surface area contributed by atoms with E-state index in [-0.39, 0.29) is 6.42 Å². The third-order valence-electron chi connectivity index (χ3n) is 3.51. The van der Waals surface area contributed by atoms with E-state index in [4.69, 9.17) is 10.7 Å². The second kappa shape index (κ2) is 3.23. The van der Waals surface area contributed by atoms with Crippen LogP contribution < -0.4 is 0 Å². The second-order valence-electron chi connectivity index (χ2n) is 4.62. The molecule has 1 aliphatic carbocycles. The fourth-order valence-electron chi connectivity index (χ4n) is 2.89. The van der Waals surface area contributed by atoms with E-state index in [0.717, 1.165) is 15.4 Å². The highest BCUT2D eigenvalue weighted by atomic mass is 35.7. The van der Waals surface area contributed by atoms with Gasteiger partial charge < -0.3 is 0 Å². The van der Waals surface area contributed by atoms with Crippen LogP contribution in [0.3, 0.4) is 0 Å². The molecule has 1 saturated heterocycles. The lowest BCUT2D eigenvalue weighted by molar-refractivity contribution is -0.144. The van der Waals surface area contributed by atoms with Crippen molar-refractivity contribution in [2.75, 3.05) is 0 Å². The Labute approximate surface area is 104 Å². The minimum Gasteiger partial charge on any atom is -0.274 e. The highest BCUT2D eigenvalue weighted by molar-refractivity contribution is 8.12. The van der Waals surface area contributed by atoms with Crippen molar-refractivity contribution in [2.45, 2.75) is 24.8 Å². The predicted octanol–water partition coefficient (Wildman–Crippen LogP) is 1.24. The van der Waals surface area contributed by atoms with Gasteiger partial charge in [0, 0.05) is 10.7 Å². The van der Waals surface area contributed by atoms with Crippen LogP contribution in [0, 0.1) is 0 Å². The van der Waals surface area contributed by atoms with E-state index in [9.17, 15) is 13.2 Å². The Kier molecular flexibility index (Phi) is 2.10. The minimum absolute atomic E-state index is 0.258. The third-order valence-corrected chi connectivity index (χ3v) is 4.95. The van der Waals surface area contributed by atoms with E-state index in [1.54, 1.807) is 0 Å². The summed E-state index contributed by atoms with van der Waals surface area (Å²) < 4.78 is 23.7. The van der Waals surface area contributed by atoms with Crippen molar-refractivity contribution in [1.82, 2.24) is 4.31 Å². The van der Waals surface area contributed by atoms with Crippen LogP contribution in [0.4, 0.5) is 0 Å². The molecule has 1 amide bonds. The number of halogens is 1. The molecule has 1 aromatic carbocycles. The van der Waals surface area contributed by atoms with E-state index in [1.165, 1.54) is 0 Å². The predicted molar refractivity (Wildman–Crippen MR) is 62.8 cm³/mol. The number of amides is 1. The highest BCUT2D eigenvalue weighted by Gasteiger charge is 2.58. The normalized spacial score (nSPS) is 21.5. The largest absolute Gasteiger partial charge is 0.324 e.